The van der Waals surface area contributed by atoms with Crippen molar-refractivity contribution >= 4 is 17.0 Å². The summed E-state index contributed by atoms with van der Waals surface area (Å²) in [7, 11) is 0. The molecule has 4 nitrogen and oxygen atoms in total. The molecule has 1 aromatic heterocycles. The van der Waals surface area contributed by atoms with Crippen LogP contribution in [0.1, 0.15) is 23.4 Å². The highest BCUT2D eigenvalue weighted by atomic mass is 32.1. The highest BCUT2D eigenvalue weighted by molar-refractivity contribution is 7.10. The fraction of sp³-hybridized carbons (Fsp3) is 0.286. The van der Waals surface area contributed by atoms with E-state index in [9.17, 15) is 10.1 Å². The Labute approximate surface area is 116 Å². The van der Waals surface area contributed by atoms with Crippen LogP contribution in [0.5, 0.6) is 0 Å². The van der Waals surface area contributed by atoms with E-state index in [0.29, 0.717) is 6.04 Å². The molecule has 0 aliphatic carbocycles. The van der Waals surface area contributed by atoms with Crippen LogP contribution in [0.3, 0.4) is 0 Å². The number of hydrogen-bond donors (Lipinski definition) is 1. The predicted octanol–water partition coefficient (Wildman–Crippen LogP) is 3.55. The molecule has 2 rings (SSSR count). The van der Waals surface area contributed by atoms with E-state index < -0.39 is 0 Å². The molecule has 0 aliphatic rings. The van der Waals surface area contributed by atoms with Gasteiger partial charge in [-0.1, -0.05) is 18.2 Å². The maximum Gasteiger partial charge on any atom is 0.269 e. The van der Waals surface area contributed by atoms with Crippen molar-refractivity contribution in [2.45, 2.75) is 19.4 Å². The Hall–Kier alpha value is -1.72. The average molecular weight is 276 g/mol. The number of nitro benzene ring substituents is 1. The lowest BCUT2D eigenvalue weighted by Crippen LogP contribution is -2.20. The van der Waals surface area contributed by atoms with Crippen molar-refractivity contribution in [2.75, 3.05) is 6.54 Å². The molecular formula is C14H16N2O2S. The zero-order valence-electron chi connectivity index (χ0n) is 10.7. The first kappa shape index (κ1) is 13.7. The second-order valence-electron chi connectivity index (χ2n) is 4.36. The summed E-state index contributed by atoms with van der Waals surface area (Å²) >= 11 is 1.74. The van der Waals surface area contributed by atoms with Crippen molar-refractivity contribution in [1.29, 1.82) is 0 Å². The van der Waals surface area contributed by atoms with Gasteiger partial charge in [0, 0.05) is 23.1 Å². The molecular weight excluding hydrogens is 260 g/mol. The van der Waals surface area contributed by atoms with E-state index in [1.54, 1.807) is 23.5 Å². The van der Waals surface area contributed by atoms with Crippen molar-refractivity contribution in [3.63, 3.8) is 0 Å². The van der Waals surface area contributed by atoms with Crippen LogP contribution in [0.4, 0.5) is 5.69 Å². The molecule has 5 heteroatoms. The maximum atomic E-state index is 10.5. The molecule has 0 saturated heterocycles. The molecule has 0 fully saturated rings. The summed E-state index contributed by atoms with van der Waals surface area (Å²) in [5.41, 5.74) is 1.25. The van der Waals surface area contributed by atoms with Crippen LogP contribution < -0.4 is 5.32 Å². The van der Waals surface area contributed by atoms with Crippen LogP contribution >= 0.6 is 11.3 Å². The molecule has 0 bridgehead atoms. The van der Waals surface area contributed by atoms with E-state index >= 15 is 0 Å². The maximum absolute atomic E-state index is 10.5. The van der Waals surface area contributed by atoms with Crippen LogP contribution in [-0.4, -0.2) is 11.5 Å². The number of nitrogens with one attached hydrogen (secondary N) is 1. The third-order valence-electron chi connectivity index (χ3n) is 2.98. The number of rotatable bonds is 6. The van der Waals surface area contributed by atoms with Crippen LogP contribution in [-0.2, 0) is 6.42 Å². The van der Waals surface area contributed by atoms with Gasteiger partial charge >= 0.3 is 0 Å². The van der Waals surface area contributed by atoms with Crippen molar-refractivity contribution in [2.24, 2.45) is 0 Å². The molecule has 0 aliphatic heterocycles. The number of benzene rings is 1. The summed E-state index contributed by atoms with van der Waals surface area (Å²) in [5.74, 6) is 0. The highest BCUT2D eigenvalue weighted by Gasteiger charge is 2.06. The monoisotopic (exact) mass is 276 g/mol. The van der Waals surface area contributed by atoms with Gasteiger partial charge in [0.15, 0.2) is 0 Å². The molecule has 19 heavy (non-hydrogen) atoms. The van der Waals surface area contributed by atoms with Gasteiger partial charge in [0.25, 0.3) is 5.69 Å². The van der Waals surface area contributed by atoms with Crippen LogP contribution in [0.15, 0.2) is 41.8 Å². The summed E-state index contributed by atoms with van der Waals surface area (Å²) in [5, 5.41) is 16.1. The van der Waals surface area contributed by atoms with Gasteiger partial charge in [-0.05, 0) is 36.9 Å². The lowest BCUT2D eigenvalue weighted by molar-refractivity contribution is -0.384. The number of nitrogens with zero attached hydrogens (tertiary/aromatic N) is 1. The quantitative estimate of drug-likeness (QED) is 0.648. The Morgan fingerprint density at radius 1 is 1.32 bits per heavy atom. The van der Waals surface area contributed by atoms with Gasteiger partial charge in [0.2, 0.25) is 0 Å². The first-order chi connectivity index (χ1) is 9.16. The van der Waals surface area contributed by atoms with Crippen molar-refractivity contribution in [3.05, 3.63) is 62.3 Å². The van der Waals surface area contributed by atoms with E-state index in [1.165, 1.54) is 4.88 Å². The summed E-state index contributed by atoms with van der Waals surface area (Å²) in [6, 6.07) is 11.3. The van der Waals surface area contributed by atoms with E-state index in [0.717, 1.165) is 18.5 Å². The molecule has 1 atom stereocenters. The van der Waals surface area contributed by atoms with Crippen molar-refractivity contribution in [1.82, 2.24) is 5.32 Å². The molecule has 2 aromatic rings. The van der Waals surface area contributed by atoms with Crippen molar-refractivity contribution < 1.29 is 4.92 Å². The number of nitro groups is 1. The Morgan fingerprint density at radius 3 is 2.63 bits per heavy atom. The first-order valence-electron chi connectivity index (χ1n) is 6.17. The van der Waals surface area contributed by atoms with E-state index in [1.807, 2.05) is 12.1 Å². The smallest absolute Gasteiger partial charge is 0.269 e. The van der Waals surface area contributed by atoms with E-state index in [4.69, 9.17) is 0 Å². The number of hydrogen-bond acceptors (Lipinski definition) is 4. The second-order valence-corrected chi connectivity index (χ2v) is 5.34. The summed E-state index contributed by atoms with van der Waals surface area (Å²) < 4.78 is 0. The van der Waals surface area contributed by atoms with Gasteiger partial charge in [-0.25, -0.2) is 0 Å². The molecule has 0 spiro atoms. The number of non-ortho nitro benzene ring substituents is 1. The van der Waals surface area contributed by atoms with E-state index in [2.05, 4.69) is 29.8 Å². The Bertz CT molecular complexity index is 523. The lowest BCUT2D eigenvalue weighted by Gasteiger charge is -2.11. The van der Waals surface area contributed by atoms with Crippen LogP contribution in [0.2, 0.25) is 0 Å². The van der Waals surface area contributed by atoms with Crippen LogP contribution in [0, 0.1) is 10.1 Å². The third kappa shape index (κ3) is 3.87. The standard InChI is InChI=1S/C14H16N2O2S/c1-11(14-3-2-10-19-14)15-9-8-12-4-6-13(7-5-12)16(17)18/h2-7,10-11,15H,8-9H2,1H3. The molecule has 0 radical (unpaired) electrons. The highest BCUT2D eigenvalue weighted by Crippen LogP contribution is 2.18. The molecule has 100 valence electrons. The molecule has 1 N–H and O–H groups in total. The Morgan fingerprint density at radius 2 is 2.05 bits per heavy atom. The van der Waals surface area contributed by atoms with Gasteiger partial charge in [-0.2, -0.15) is 0 Å². The average Bonchev–Trinajstić information content (AvgIpc) is 2.93. The minimum atomic E-state index is -0.374. The molecule has 0 amide bonds. The van der Waals surface area contributed by atoms with Gasteiger partial charge < -0.3 is 5.32 Å². The van der Waals surface area contributed by atoms with E-state index in [-0.39, 0.29) is 10.6 Å². The fourth-order valence-electron chi connectivity index (χ4n) is 1.86. The minimum absolute atomic E-state index is 0.142. The van der Waals surface area contributed by atoms with Gasteiger partial charge in [0.1, 0.15) is 0 Å². The zero-order valence-corrected chi connectivity index (χ0v) is 11.5. The second kappa shape index (κ2) is 6.45. The van der Waals surface area contributed by atoms with Gasteiger partial charge in [-0.3, -0.25) is 10.1 Å². The first-order valence-corrected chi connectivity index (χ1v) is 7.05. The fourth-order valence-corrected chi connectivity index (χ4v) is 2.61. The van der Waals surface area contributed by atoms with Gasteiger partial charge in [-0.15, -0.1) is 11.3 Å². The molecule has 1 aromatic carbocycles. The third-order valence-corrected chi connectivity index (χ3v) is 4.04. The van der Waals surface area contributed by atoms with Crippen LogP contribution in [0.25, 0.3) is 0 Å². The zero-order chi connectivity index (χ0) is 13.7. The molecule has 1 unspecified atom stereocenters. The largest absolute Gasteiger partial charge is 0.309 e. The Kier molecular flexibility index (Phi) is 4.65. The van der Waals surface area contributed by atoms with Gasteiger partial charge in [0.05, 0.1) is 4.92 Å². The SMILES string of the molecule is CC(NCCc1ccc([N+](=O)[O-])cc1)c1cccs1. The summed E-state index contributed by atoms with van der Waals surface area (Å²) in [6.45, 7) is 3.00. The lowest BCUT2D eigenvalue weighted by atomic mass is 10.1. The topological polar surface area (TPSA) is 55.2 Å². The van der Waals surface area contributed by atoms with Crippen molar-refractivity contribution in [3.8, 4) is 0 Å². The molecule has 1 heterocycles. The summed E-state index contributed by atoms with van der Waals surface area (Å²) in [6.07, 6.45) is 0.869. The minimum Gasteiger partial charge on any atom is -0.309 e. The predicted molar refractivity (Wildman–Crippen MR) is 77.5 cm³/mol. The summed E-state index contributed by atoms with van der Waals surface area (Å²) in [4.78, 5) is 11.5. The Balaban J connectivity index is 1.81. The number of thiophene rings is 1. The normalized spacial score (nSPS) is 12.3. The molecule has 0 saturated carbocycles.